The van der Waals surface area contributed by atoms with Gasteiger partial charge in [0.2, 0.25) is 5.91 Å². The number of ether oxygens (including phenoxy) is 1. The number of hydrazone groups is 1. The van der Waals surface area contributed by atoms with Gasteiger partial charge < -0.3 is 9.84 Å². The Labute approximate surface area is 123 Å². The molecule has 0 aromatic heterocycles. The molecular formula is C16H18N2O3. The fourth-order valence-electron chi connectivity index (χ4n) is 1.95. The average Bonchev–Trinajstić information content (AvgIpc) is 2.50. The molecule has 110 valence electrons. The number of fused-ring (bicyclic) bond motifs is 1. The van der Waals surface area contributed by atoms with Crippen LogP contribution >= 0.6 is 0 Å². The normalized spacial score (nSPS) is 11.1. The standard InChI is InChI=1S/C16H18N2O3/c1-2-21-10-9-16(20)18-17-11-14-13-6-4-3-5-12(13)7-8-15(14)19/h3-8,11,19H,2,9-10H2,1H3,(H,18,20)/b17-11+. The molecule has 2 rings (SSSR count). The van der Waals surface area contributed by atoms with Gasteiger partial charge in [-0.15, -0.1) is 0 Å². The van der Waals surface area contributed by atoms with Crippen molar-refractivity contribution in [3.63, 3.8) is 0 Å². The van der Waals surface area contributed by atoms with E-state index in [0.29, 0.717) is 18.8 Å². The van der Waals surface area contributed by atoms with Crippen molar-refractivity contribution >= 4 is 22.9 Å². The number of hydrogen-bond donors (Lipinski definition) is 2. The molecule has 1 amide bonds. The zero-order chi connectivity index (χ0) is 15.1. The Morgan fingerprint density at radius 1 is 1.33 bits per heavy atom. The van der Waals surface area contributed by atoms with E-state index in [1.54, 1.807) is 6.07 Å². The van der Waals surface area contributed by atoms with E-state index in [-0.39, 0.29) is 18.1 Å². The Balaban J connectivity index is 2.07. The summed E-state index contributed by atoms with van der Waals surface area (Å²) in [6.45, 7) is 2.83. The molecule has 0 saturated carbocycles. The fraction of sp³-hybridized carbons (Fsp3) is 0.250. The number of rotatable bonds is 6. The first-order valence-corrected chi connectivity index (χ1v) is 6.82. The summed E-state index contributed by atoms with van der Waals surface area (Å²) in [5, 5.41) is 15.7. The van der Waals surface area contributed by atoms with E-state index < -0.39 is 0 Å². The molecule has 5 heteroatoms. The van der Waals surface area contributed by atoms with Crippen LogP contribution in [0.4, 0.5) is 0 Å². The minimum Gasteiger partial charge on any atom is -0.507 e. The van der Waals surface area contributed by atoms with E-state index >= 15 is 0 Å². The molecule has 0 unspecified atom stereocenters. The average molecular weight is 286 g/mol. The molecule has 2 N–H and O–H groups in total. The predicted octanol–water partition coefficient (Wildman–Crippen LogP) is 2.42. The first-order valence-electron chi connectivity index (χ1n) is 6.82. The van der Waals surface area contributed by atoms with E-state index in [0.717, 1.165) is 10.8 Å². The highest BCUT2D eigenvalue weighted by Gasteiger charge is 2.04. The zero-order valence-corrected chi connectivity index (χ0v) is 11.9. The third-order valence-electron chi connectivity index (χ3n) is 3.01. The van der Waals surface area contributed by atoms with Crippen LogP contribution in [0.3, 0.4) is 0 Å². The number of phenols is 1. The fourth-order valence-corrected chi connectivity index (χ4v) is 1.95. The molecule has 0 aliphatic carbocycles. The van der Waals surface area contributed by atoms with Crippen molar-refractivity contribution in [2.75, 3.05) is 13.2 Å². The number of hydrogen-bond acceptors (Lipinski definition) is 4. The van der Waals surface area contributed by atoms with Crippen LogP contribution in [-0.2, 0) is 9.53 Å². The van der Waals surface area contributed by atoms with E-state index in [1.807, 2.05) is 37.3 Å². The van der Waals surface area contributed by atoms with Gasteiger partial charge in [-0.3, -0.25) is 4.79 Å². The van der Waals surface area contributed by atoms with Gasteiger partial charge in [-0.05, 0) is 23.8 Å². The molecular weight excluding hydrogens is 268 g/mol. The molecule has 0 fully saturated rings. The third kappa shape index (κ3) is 4.03. The second kappa shape index (κ2) is 7.40. The maximum Gasteiger partial charge on any atom is 0.242 e. The lowest BCUT2D eigenvalue weighted by molar-refractivity contribution is -0.122. The van der Waals surface area contributed by atoms with E-state index in [2.05, 4.69) is 10.5 Å². The number of nitrogens with zero attached hydrogens (tertiary/aromatic N) is 1. The van der Waals surface area contributed by atoms with Crippen LogP contribution in [0.2, 0.25) is 0 Å². The van der Waals surface area contributed by atoms with Crippen LogP contribution in [0.1, 0.15) is 18.9 Å². The minimum atomic E-state index is -0.223. The molecule has 0 radical (unpaired) electrons. The summed E-state index contributed by atoms with van der Waals surface area (Å²) in [7, 11) is 0. The van der Waals surface area contributed by atoms with Crippen LogP contribution in [0.25, 0.3) is 10.8 Å². The number of carbonyl (C=O) groups excluding carboxylic acids is 1. The van der Waals surface area contributed by atoms with Gasteiger partial charge in [0.15, 0.2) is 0 Å². The van der Waals surface area contributed by atoms with Crippen LogP contribution in [0.15, 0.2) is 41.5 Å². The largest absolute Gasteiger partial charge is 0.507 e. The van der Waals surface area contributed by atoms with Gasteiger partial charge in [-0.1, -0.05) is 30.3 Å². The number of nitrogens with one attached hydrogen (secondary N) is 1. The molecule has 0 heterocycles. The molecule has 0 bridgehead atoms. The van der Waals surface area contributed by atoms with Crippen molar-refractivity contribution in [2.24, 2.45) is 5.10 Å². The molecule has 0 spiro atoms. The predicted molar refractivity (Wildman–Crippen MR) is 82.5 cm³/mol. The molecule has 2 aromatic rings. The Kier molecular flexibility index (Phi) is 5.29. The van der Waals surface area contributed by atoms with E-state index in [4.69, 9.17) is 4.74 Å². The SMILES string of the molecule is CCOCCC(=O)N/N=C/c1c(O)ccc2ccccc12. The van der Waals surface area contributed by atoms with Crippen molar-refractivity contribution < 1.29 is 14.6 Å². The maximum absolute atomic E-state index is 11.5. The number of carbonyl (C=O) groups is 1. The second-order valence-corrected chi connectivity index (χ2v) is 4.46. The van der Waals surface area contributed by atoms with Gasteiger partial charge in [0.25, 0.3) is 0 Å². The maximum atomic E-state index is 11.5. The van der Waals surface area contributed by atoms with Crippen molar-refractivity contribution in [1.82, 2.24) is 5.43 Å². The number of amides is 1. The topological polar surface area (TPSA) is 70.9 Å². The van der Waals surface area contributed by atoms with Crippen LogP contribution < -0.4 is 5.43 Å². The second-order valence-electron chi connectivity index (χ2n) is 4.46. The van der Waals surface area contributed by atoms with Gasteiger partial charge in [0, 0.05) is 12.2 Å². The van der Waals surface area contributed by atoms with Crippen LogP contribution in [-0.4, -0.2) is 30.4 Å². The Morgan fingerprint density at radius 2 is 2.14 bits per heavy atom. The monoisotopic (exact) mass is 286 g/mol. The number of aromatic hydroxyl groups is 1. The van der Waals surface area contributed by atoms with Crippen LogP contribution in [0.5, 0.6) is 5.75 Å². The molecule has 2 aromatic carbocycles. The Morgan fingerprint density at radius 3 is 2.95 bits per heavy atom. The van der Waals surface area contributed by atoms with Crippen LogP contribution in [0, 0.1) is 0 Å². The summed E-state index contributed by atoms with van der Waals surface area (Å²) in [4.78, 5) is 11.5. The van der Waals surface area contributed by atoms with Crippen molar-refractivity contribution in [1.29, 1.82) is 0 Å². The molecule has 0 aliphatic heterocycles. The van der Waals surface area contributed by atoms with E-state index in [1.165, 1.54) is 6.21 Å². The van der Waals surface area contributed by atoms with Gasteiger partial charge in [0.05, 0.1) is 19.2 Å². The Hall–Kier alpha value is -2.40. The molecule has 0 atom stereocenters. The summed E-state index contributed by atoms with van der Waals surface area (Å²) in [6, 6.07) is 11.1. The highest BCUT2D eigenvalue weighted by molar-refractivity contribution is 6.02. The smallest absolute Gasteiger partial charge is 0.242 e. The highest BCUT2D eigenvalue weighted by Crippen LogP contribution is 2.25. The third-order valence-corrected chi connectivity index (χ3v) is 3.01. The first kappa shape index (κ1) is 15.0. The molecule has 21 heavy (non-hydrogen) atoms. The molecule has 0 aliphatic rings. The summed E-state index contributed by atoms with van der Waals surface area (Å²) in [5.41, 5.74) is 3.00. The number of benzene rings is 2. The van der Waals surface area contributed by atoms with Crippen molar-refractivity contribution in [3.8, 4) is 5.75 Å². The number of phenolic OH excluding ortho intramolecular Hbond substituents is 1. The van der Waals surface area contributed by atoms with Crippen molar-refractivity contribution in [3.05, 3.63) is 42.0 Å². The molecule has 5 nitrogen and oxygen atoms in total. The summed E-state index contributed by atoms with van der Waals surface area (Å²) in [6.07, 6.45) is 1.71. The van der Waals surface area contributed by atoms with E-state index in [9.17, 15) is 9.90 Å². The Bertz CT molecular complexity index is 653. The summed E-state index contributed by atoms with van der Waals surface area (Å²) < 4.78 is 5.09. The summed E-state index contributed by atoms with van der Waals surface area (Å²) >= 11 is 0. The first-order chi connectivity index (χ1) is 10.2. The lowest BCUT2D eigenvalue weighted by atomic mass is 10.0. The zero-order valence-electron chi connectivity index (χ0n) is 11.9. The highest BCUT2D eigenvalue weighted by atomic mass is 16.5. The van der Waals surface area contributed by atoms with Crippen molar-refractivity contribution in [2.45, 2.75) is 13.3 Å². The minimum absolute atomic E-state index is 0.126. The lowest BCUT2D eigenvalue weighted by Gasteiger charge is -2.05. The lowest BCUT2D eigenvalue weighted by Crippen LogP contribution is -2.19. The van der Waals surface area contributed by atoms with Gasteiger partial charge in [-0.25, -0.2) is 5.43 Å². The quantitative estimate of drug-likeness (QED) is 0.487. The van der Waals surface area contributed by atoms with Gasteiger partial charge in [0.1, 0.15) is 5.75 Å². The summed E-state index contributed by atoms with van der Waals surface area (Å²) in [5.74, 6) is -0.0968. The molecule has 0 saturated heterocycles. The van der Waals surface area contributed by atoms with Gasteiger partial charge >= 0.3 is 0 Å². The van der Waals surface area contributed by atoms with Gasteiger partial charge in [-0.2, -0.15) is 5.10 Å².